The van der Waals surface area contributed by atoms with Crippen LogP contribution in [0, 0.1) is 0 Å². The van der Waals surface area contributed by atoms with Gasteiger partial charge in [-0.15, -0.1) is 0 Å². The second-order valence-electron chi connectivity index (χ2n) is 5.76. The molecule has 0 atom stereocenters. The molecule has 0 fully saturated rings. The van der Waals surface area contributed by atoms with Gasteiger partial charge in [0, 0.05) is 53.2 Å². The minimum absolute atomic E-state index is 0. The Hall–Kier alpha value is -0.503. The molecular formula is C13H20F6O12S3ScSi. The predicted octanol–water partition coefficient (Wildman–Crippen LogP) is 2.14. The van der Waals surface area contributed by atoms with Crippen LogP contribution >= 0.6 is 0 Å². The molecule has 0 unspecified atom stereocenters. The largest absolute Gasteiger partial charge is 0.522 e. The van der Waals surface area contributed by atoms with E-state index >= 15 is 0 Å². The van der Waals surface area contributed by atoms with Crippen molar-refractivity contribution in [3.63, 3.8) is 0 Å². The van der Waals surface area contributed by atoms with E-state index in [0.717, 1.165) is 5.56 Å². The van der Waals surface area contributed by atoms with Gasteiger partial charge in [0.1, 0.15) is 0 Å². The number of alkyl halides is 6. The molecule has 0 saturated heterocycles. The van der Waals surface area contributed by atoms with Crippen LogP contribution in [0.2, 0.25) is 6.04 Å². The SMILES string of the molecule is CO[Si](CCc1ccc(S(=O)(=O)O)cc1)(OC)OC.O=S(=O)(O)C(F)(F)F.O=S(=O)(O)C(F)(F)F.[Sc]. The summed E-state index contributed by atoms with van der Waals surface area (Å²) in [5, 5.41) is 0. The third kappa shape index (κ3) is 15.0. The topological polar surface area (TPSA) is 191 Å². The van der Waals surface area contributed by atoms with Crippen molar-refractivity contribution in [3.05, 3.63) is 29.8 Å². The molecule has 1 aromatic rings. The van der Waals surface area contributed by atoms with E-state index in [0.29, 0.717) is 12.5 Å². The normalized spacial score (nSPS) is 12.9. The molecule has 0 aliphatic heterocycles. The van der Waals surface area contributed by atoms with Crippen molar-refractivity contribution >= 4 is 39.2 Å². The molecule has 0 aromatic heterocycles. The van der Waals surface area contributed by atoms with E-state index in [9.17, 15) is 34.8 Å². The molecule has 211 valence electrons. The molecule has 1 rings (SSSR count). The van der Waals surface area contributed by atoms with E-state index in [4.69, 9.17) is 43.8 Å². The van der Waals surface area contributed by atoms with Gasteiger partial charge in [-0.3, -0.25) is 13.7 Å². The number of benzene rings is 1. The maximum atomic E-state index is 10.9. The summed E-state index contributed by atoms with van der Waals surface area (Å²) in [5.41, 5.74) is -10.2. The number of hydrogen-bond acceptors (Lipinski definition) is 9. The molecule has 36 heavy (non-hydrogen) atoms. The fourth-order valence-corrected chi connectivity index (χ4v) is 3.87. The first-order valence-corrected chi connectivity index (χ1v) is 14.4. The van der Waals surface area contributed by atoms with Gasteiger partial charge in [-0.25, -0.2) is 0 Å². The van der Waals surface area contributed by atoms with Gasteiger partial charge in [-0.05, 0) is 24.1 Å². The Morgan fingerprint density at radius 3 is 1.19 bits per heavy atom. The van der Waals surface area contributed by atoms with Crippen molar-refractivity contribution in [3.8, 4) is 0 Å². The third-order valence-electron chi connectivity index (χ3n) is 3.46. The monoisotopic (exact) mass is 651 g/mol. The minimum Gasteiger partial charge on any atom is -0.377 e. The van der Waals surface area contributed by atoms with Gasteiger partial charge >= 0.3 is 40.1 Å². The van der Waals surface area contributed by atoms with Gasteiger partial charge < -0.3 is 13.3 Å². The predicted molar refractivity (Wildman–Crippen MR) is 107 cm³/mol. The van der Waals surface area contributed by atoms with Gasteiger partial charge in [0.2, 0.25) is 0 Å². The fourth-order valence-electron chi connectivity index (χ4n) is 1.68. The van der Waals surface area contributed by atoms with E-state index in [-0.39, 0.29) is 30.7 Å². The van der Waals surface area contributed by atoms with Crippen LogP contribution in [0.25, 0.3) is 0 Å². The van der Waals surface area contributed by atoms with E-state index in [1.807, 2.05) is 0 Å². The maximum Gasteiger partial charge on any atom is 0.522 e. The van der Waals surface area contributed by atoms with Gasteiger partial charge in [-0.2, -0.15) is 51.6 Å². The van der Waals surface area contributed by atoms with Crippen LogP contribution in [0.4, 0.5) is 26.3 Å². The number of hydrogen-bond donors (Lipinski definition) is 3. The molecule has 0 saturated carbocycles. The summed E-state index contributed by atoms with van der Waals surface area (Å²) in [7, 11) is -13.8. The zero-order chi connectivity index (χ0) is 28.5. The van der Waals surface area contributed by atoms with Crippen LogP contribution in [0.15, 0.2) is 29.2 Å². The molecule has 1 radical (unpaired) electrons. The molecule has 12 nitrogen and oxygen atoms in total. The Morgan fingerprint density at radius 2 is 1.00 bits per heavy atom. The first kappa shape index (κ1) is 40.0. The average molecular weight is 652 g/mol. The molecule has 0 spiro atoms. The van der Waals surface area contributed by atoms with Crippen LogP contribution in [0.3, 0.4) is 0 Å². The number of aryl methyl sites for hydroxylation is 1. The van der Waals surface area contributed by atoms with Gasteiger partial charge in [-0.1, -0.05) is 12.1 Å². The summed E-state index contributed by atoms with van der Waals surface area (Å²) in [5.74, 6) is 0. The standard InChI is InChI=1S/C11H18O6SSi.2CHF3O3S.Sc/c1-15-19(16-2,17-3)9-8-10-4-6-11(7-5-10)18(12,13)14;2*2-1(3,4)8(5,6)7;/h4-7H,8-9H2,1-3H3,(H,12,13,14);2*(H,5,6,7);. The smallest absolute Gasteiger partial charge is 0.377 e. The van der Waals surface area contributed by atoms with Crippen LogP contribution in [0.5, 0.6) is 0 Å². The first-order valence-electron chi connectivity index (χ1n) is 8.16. The Balaban J connectivity index is -0.000000534. The van der Waals surface area contributed by atoms with Crippen molar-refractivity contribution in [1.82, 2.24) is 0 Å². The van der Waals surface area contributed by atoms with Crippen molar-refractivity contribution in [1.29, 1.82) is 0 Å². The van der Waals surface area contributed by atoms with E-state index in [2.05, 4.69) is 0 Å². The molecule has 3 N–H and O–H groups in total. The maximum absolute atomic E-state index is 10.9. The second-order valence-corrected chi connectivity index (χ2v) is 13.1. The number of rotatable bonds is 7. The Labute approximate surface area is 222 Å². The molecule has 0 aliphatic carbocycles. The number of halogens is 6. The molecule has 0 aliphatic rings. The van der Waals surface area contributed by atoms with Crippen LogP contribution in [-0.2, 0) is 75.9 Å². The Kier molecular flexibility index (Phi) is 16.9. The van der Waals surface area contributed by atoms with E-state index < -0.39 is 50.2 Å². The molecule has 0 bridgehead atoms. The zero-order valence-corrected chi connectivity index (χ0v) is 23.6. The van der Waals surface area contributed by atoms with Crippen molar-refractivity contribution in [2.45, 2.75) is 28.4 Å². The van der Waals surface area contributed by atoms with Crippen LogP contribution in [0.1, 0.15) is 5.56 Å². The van der Waals surface area contributed by atoms with E-state index in [1.165, 1.54) is 12.1 Å². The van der Waals surface area contributed by atoms with Crippen LogP contribution < -0.4 is 0 Å². The average Bonchev–Trinajstić information content (AvgIpc) is 2.67. The Bertz CT molecular complexity index is 1050. The summed E-state index contributed by atoms with van der Waals surface area (Å²) < 4.78 is 162. The molecular weight excluding hydrogens is 631 g/mol. The zero-order valence-electron chi connectivity index (χ0n) is 18.3. The van der Waals surface area contributed by atoms with Gasteiger partial charge in [0.25, 0.3) is 10.1 Å². The summed E-state index contributed by atoms with van der Waals surface area (Å²) in [4.78, 5) is -0.120. The summed E-state index contributed by atoms with van der Waals surface area (Å²) >= 11 is 0. The third-order valence-corrected chi connectivity index (χ3v) is 8.23. The van der Waals surface area contributed by atoms with Crippen molar-refractivity contribution in [2.24, 2.45) is 0 Å². The molecule has 0 heterocycles. The Morgan fingerprint density at radius 1 is 0.722 bits per heavy atom. The van der Waals surface area contributed by atoms with Gasteiger partial charge in [0.05, 0.1) is 4.90 Å². The van der Waals surface area contributed by atoms with Crippen LogP contribution in [-0.4, -0.2) is 80.1 Å². The summed E-state index contributed by atoms with van der Waals surface area (Å²) in [6.45, 7) is 0. The van der Waals surface area contributed by atoms with E-state index in [1.54, 1.807) is 33.5 Å². The van der Waals surface area contributed by atoms with Crippen molar-refractivity contribution < 1.29 is 104 Å². The molecule has 1 aromatic carbocycles. The quantitative estimate of drug-likeness (QED) is 0.169. The van der Waals surface area contributed by atoms with Crippen molar-refractivity contribution in [2.75, 3.05) is 21.3 Å². The second kappa shape index (κ2) is 15.2. The molecule has 23 heteroatoms. The molecule has 0 amide bonds. The van der Waals surface area contributed by atoms with Gasteiger partial charge in [0.15, 0.2) is 0 Å². The minimum atomic E-state index is -5.84. The first-order chi connectivity index (χ1) is 15.4. The fraction of sp³-hybridized carbons (Fsp3) is 0.538. The summed E-state index contributed by atoms with van der Waals surface area (Å²) in [6.07, 6.45) is 0.632. The summed E-state index contributed by atoms with van der Waals surface area (Å²) in [6, 6.07) is 6.59.